The van der Waals surface area contributed by atoms with Gasteiger partial charge in [0.25, 0.3) is 5.91 Å². The highest BCUT2D eigenvalue weighted by Gasteiger charge is 2.37. The quantitative estimate of drug-likeness (QED) is 0.189. The minimum atomic E-state index is -4.86. The fourth-order valence-corrected chi connectivity index (χ4v) is 7.01. The Morgan fingerprint density at radius 3 is 2.28 bits per heavy atom. The largest absolute Gasteiger partial charge is 0.478 e. The fourth-order valence-electron chi connectivity index (χ4n) is 6.30. The second kappa shape index (κ2) is 14.8. The highest BCUT2D eigenvalue weighted by Crippen LogP contribution is 2.38. The lowest BCUT2D eigenvalue weighted by Crippen LogP contribution is -2.55. The molecule has 0 radical (unpaired) electrons. The predicted octanol–water partition coefficient (Wildman–Crippen LogP) is 6.81. The number of benzene rings is 1. The molecule has 1 N–H and O–H groups in total. The molecule has 2 fully saturated rings. The first-order valence-electron chi connectivity index (χ1n) is 16.9. The number of piperazine rings is 1. The number of hydrogen-bond acceptors (Lipinski definition) is 9. The van der Waals surface area contributed by atoms with Crippen molar-refractivity contribution >= 4 is 31.3 Å². The molecular weight excluding hydrogens is 671 g/mol. The predicted molar refractivity (Wildman–Crippen MR) is 189 cm³/mol. The van der Waals surface area contributed by atoms with Gasteiger partial charge in [-0.1, -0.05) is 19.6 Å². The number of amides is 1. The van der Waals surface area contributed by atoms with Crippen LogP contribution in [0.1, 0.15) is 43.6 Å². The molecule has 2 aliphatic heterocycles. The molecular formula is C35H47F4N7O3Si. The second-order valence-electron chi connectivity index (χ2n) is 14.7. The second-order valence-corrected chi connectivity index (χ2v) is 20.3. The number of morpholine rings is 1. The van der Waals surface area contributed by atoms with E-state index in [4.69, 9.17) is 9.47 Å². The normalized spacial score (nSPS) is 22.1. The topological polar surface area (TPSA) is 96.0 Å². The maximum absolute atomic E-state index is 16.1. The van der Waals surface area contributed by atoms with Gasteiger partial charge < -0.3 is 24.6 Å². The molecule has 2 aromatic heterocycles. The number of nitrogens with one attached hydrogen (secondary N) is 1. The summed E-state index contributed by atoms with van der Waals surface area (Å²) in [6.07, 6.45) is -2.56. The molecule has 0 spiro atoms. The molecule has 2 aliphatic rings. The molecule has 272 valence electrons. The summed E-state index contributed by atoms with van der Waals surface area (Å²) in [5.74, 6) is -1.44. The SMILES string of the molecule is C[C@@H]1CN(c2nccc(-c3cc(NC(=O)c4cnc(OCC[Si](C)(C)C)cc4C(F)(F)F)c(N4C[C@@H](C)N(C)[C@@H](C)C4)cc3F)n2)C[C@H](C)O1. The van der Waals surface area contributed by atoms with Gasteiger partial charge in [0.05, 0.1) is 47.0 Å². The van der Waals surface area contributed by atoms with Crippen LogP contribution in [0.4, 0.5) is 34.9 Å². The molecule has 10 nitrogen and oxygen atoms in total. The Morgan fingerprint density at radius 1 is 1.00 bits per heavy atom. The van der Waals surface area contributed by atoms with E-state index in [0.29, 0.717) is 37.8 Å². The van der Waals surface area contributed by atoms with Crippen molar-refractivity contribution in [3.05, 3.63) is 53.6 Å². The zero-order chi connectivity index (χ0) is 36.5. The lowest BCUT2D eigenvalue weighted by atomic mass is 10.0. The summed E-state index contributed by atoms with van der Waals surface area (Å²) < 4.78 is 70.6. The van der Waals surface area contributed by atoms with E-state index in [2.05, 4.69) is 44.8 Å². The number of halogens is 4. The molecule has 0 unspecified atom stereocenters. The Morgan fingerprint density at radius 2 is 1.66 bits per heavy atom. The fraction of sp³-hybridized carbons (Fsp3) is 0.543. The third-order valence-electron chi connectivity index (χ3n) is 9.19. The molecule has 5 rings (SSSR count). The van der Waals surface area contributed by atoms with Crippen LogP contribution in [0, 0.1) is 5.82 Å². The highest BCUT2D eigenvalue weighted by molar-refractivity contribution is 6.76. The summed E-state index contributed by atoms with van der Waals surface area (Å²) in [6.45, 7) is 16.7. The number of carbonyl (C=O) groups excluding carboxylic acids is 1. The van der Waals surface area contributed by atoms with Crippen LogP contribution in [0.5, 0.6) is 5.88 Å². The number of nitrogens with zero attached hydrogens (tertiary/aromatic N) is 6. The minimum Gasteiger partial charge on any atom is -0.478 e. The van der Waals surface area contributed by atoms with E-state index in [9.17, 15) is 18.0 Å². The molecule has 1 aromatic carbocycles. The molecule has 50 heavy (non-hydrogen) atoms. The monoisotopic (exact) mass is 717 g/mol. The van der Waals surface area contributed by atoms with Crippen molar-refractivity contribution in [3.63, 3.8) is 0 Å². The van der Waals surface area contributed by atoms with Crippen molar-refractivity contribution in [3.8, 4) is 17.1 Å². The number of rotatable bonds is 9. The van der Waals surface area contributed by atoms with Crippen molar-refractivity contribution in [2.75, 3.05) is 55.0 Å². The van der Waals surface area contributed by atoms with E-state index < -0.39 is 37.1 Å². The molecule has 3 aromatic rings. The number of aromatic nitrogens is 3. The summed E-state index contributed by atoms with van der Waals surface area (Å²) in [5.41, 5.74) is -1.02. The third kappa shape index (κ3) is 8.90. The molecule has 2 saturated heterocycles. The number of likely N-dealkylation sites (N-methyl/N-ethyl adjacent to an activating group) is 1. The van der Waals surface area contributed by atoms with Crippen LogP contribution in [0.25, 0.3) is 11.3 Å². The number of ether oxygens (including phenoxy) is 2. The van der Waals surface area contributed by atoms with Gasteiger partial charge in [-0.05, 0) is 59.0 Å². The number of alkyl halides is 3. The molecule has 0 saturated carbocycles. The third-order valence-corrected chi connectivity index (χ3v) is 10.9. The van der Waals surface area contributed by atoms with Crippen LogP contribution in [0.3, 0.4) is 0 Å². The van der Waals surface area contributed by atoms with Crippen LogP contribution in [0.15, 0.2) is 36.7 Å². The Hall–Kier alpha value is -3.82. The number of hydrogen-bond donors (Lipinski definition) is 1. The average Bonchev–Trinajstić information content (AvgIpc) is 3.02. The van der Waals surface area contributed by atoms with E-state index in [-0.39, 0.29) is 53.7 Å². The Kier molecular flexibility index (Phi) is 11.1. The number of pyridine rings is 1. The maximum atomic E-state index is 16.1. The standard InChI is InChI=1S/C35H47F4N7O3Si/c1-21-17-45(18-22(2)44(21)5)31-15-28(36)25(29-9-10-40-34(43-29)46-19-23(3)49-24(4)20-46)13-30(31)42-33(47)26-16-41-32(14-27(26)35(37,38)39)48-11-12-50(6,7)8/h9-10,13-16,21-24H,11-12,17-20H2,1-8H3,(H,42,47)/t21-,22+,23-,24+. The van der Waals surface area contributed by atoms with Gasteiger partial charge in [0.2, 0.25) is 11.8 Å². The highest BCUT2D eigenvalue weighted by atomic mass is 28.3. The van der Waals surface area contributed by atoms with E-state index in [0.717, 1.165) is 18.3 Å². The summed E-state index contributed by atoms with van der Waals surface area (Å²) in [7, 11) is 0.501. The van der Waals surface area contributed by atoms with Crippen LogP contribution in [-0.2, 0) is 10.9 Å². The minimum absolute atomic E-state index is 0.0564. The van der Waals surface area contributed by atoms with Crippen LogP contribution in [-0.4, -0.2) is 98.0 Å². The smallest absolute Gasteiger partial charge is 0.417 e. The first-order valence-corrected chi connectivity index (χ1v) is 20.7. The van der Waals surface area contributed by atoms with Crippen LogP contribution < -0.4 is 19.9 Å². The van der Waals surface area contributed by atoms with Gasteiger partial charge in [-0.15, -0.1) is 0 Å². The van der Waals surface area contributed by atoms with Gasteiger partial charge in [0.15, 0.2) is 0 Å². The van der Waals surface area contributed by atoms with Crippen molar-refractivity contribution in [2.45, 2.75) is 83.8 Å². The van der Waals surface area contributed by atoms with E-state index in [1.165, 1.54) is 18.3 Å². The first-order chi connectivity index (χ1) is 23.4. The van der Waals surface area contributed by atoms with E-state index in [1.54, 1.807) is 6.07 Å². The summed E-state index contributed by atoms with van der Waals surface area (Å²) in [4.78, 5) is 33.0. The Labute approximate surface area is 292 Å². The molecule has 0 bridgehead atoms. The van der Waals surface area contributed by atoms with Gasteiger partial charge in [0, 0.05) is 70.4 Å². The van der Waals surface area contributed by atoms with Crippen molar-refractivity contribution in [1.29, 1.82) is 0 Å². The maximum Gasteiger partial charge on any atom is 0.417 e. The number of anilines is 3. The van der Waals surface area contributed by atoms with E-state index >= 15 is 4.39 Å². The van der Waals surface area contributed by atoms with Gasteiger partial charge in [-0.2, -0.15) is 13.2 Å². The Balaban J connectivity index is 1.53. The van der Waals surface area contributed by atoms with Crippen LogP contribution >= 0.6 is 0 Å². The lowest BCUT2D eigenvalue weighted by Gasteiger charge is -2.44. The summed E-state index contributed by atoms with van der Waals surface area (Å²) >= 11 is 0. The number of carbonyl (C=O) groups is 1. The molecule has 4 atom stereocenters. The Bertz CT molecular complexity index is 1670. The average molecular weight is 718 g/mol. The van der Waals surface area contributed by atoms with Gasteiger partial charge in [-0.3, -0.25) is 9.69 Å². The molecule has 1 amide bonds. The zero-order valence-electron chi connectivity index (χ0n) is 29.9. The van der Waals surface area contributed by atoms with Crippen molar-refractivity contribution in [2.24, 2.45) is 0 Å². The van der Waals surface area contributed by atoms with Crippen LogP contribution in [0.2, 0.25) is 25.7 Å². The van der Waals surface area contributed by atoms with Gasteiger partial charge in [0.1, 0.15) is 5.82 Å². The van der Waals surface area contributed by atoms with E-state index in [1.807, 2.05) is 44.5 Å². The molecule has 0 aliphatic carbocycles. The van der Waals surface area contributed by atoms with Gasteiger partial charge >= 0.3 is 6.18 Å². The van der Waals surface area contributed by atoms with Gasteiger partial charge in [-0.25, -0.2) is 19.3 Å². The molecule has 15 heteroatoms. The molecule has 4 heterocycles. The zero-order valence-corrected chi connectivity index (χ0v) is 30.9. The first kappa shape index (κ1) is 37.4. The van der Waals surface area contributed by atoms with Crippen molar-refractivity contribution < 1.29 is 31.8 Å². The summed E-state index contributed by atoms with van der Waals surface area (Å²) in [5, 5.41) is 2.68. The summed E-state index contributed by atoms with van der Waals surface area (Å²) in [6, 6.07) is 5.97. The van der Waals surface area contributed by atoms with Crippen molar-refractivity contribution in [1.82, 2.24) is 19.9 Å². The lowest BCUT2D eigenvalue weighted by molar-refractivity contribution is -0.138.